The van der Waals surface area contributed by atoms with Gasteiger partial charge in [-0.1, -0.05) is 54.8 Å². The van der Waals surface area contributed by atoms with Gasteiger partial charge in [-0.15, -0.1) is 16.8 Å². The number of aromatic nitrogens is 3. The van der Waals surface area contributed by atoms with Gasteiger partial charge in [0, 0.05) is 17.6 Å². The smallest absolute Gasteiger partial charge is 0.230 e. The molecule has 1 aromatic carbocycles. The number of benzene rings is 1. The van der Waals surface area contributed by atoms with E-state index < -0.39 is 0 Å². The normalized spacial score (nSPS) is 15.7. The van der Waals surface area contributed by atoms with Crippen molar-refractivity contribution >= 4 is 29.3 Å². The second-order valence-electron chi connectivity index (χ2n) is 7.15. The van der Waals surface area contributed by atoms with Crippen molar-refractivity contribution in [1.82, 2.24) is 20.1 Å². The minimum atomic E-state index is -0.327. The number of thioether (sulfide) groups is 1. The second kappa shape index (κ2) is 10.7. The molecule has 1 aromatic heterocycles. The summed E-state index contributed by atoms with van der Waals surface area (Å²) in [4.78, 5) is 12.3. The highest BCUT2D eigenvalue weighted by molar-refractivity contribution is 7.99. The Hall–Kier alpha value is -1.99. The molecule has 2 aromatic rings. The quantitative estimate of drug-likeness (QED) is 0.453. The van der Waals surface area contributed by atoms with Crippen molar-refractivity contribution in [1.29, 1.82) is 0 Å². The SMILES string of the molecule is C=CCn1c(SCC(=O)NC2CCCCC2)nnc1C(C)Oc1cccc(Cl)c1. The van der Waals surface area contributed by atoms with Crippen molar-refractivity contribution in [2.24, 2.45) is 0 Å². The minimum absolute atomic E-state index is 0.0415. The van der Waals surface area contributed by atoms with Gasteiger partial charge in [0.15, 0.2) is 17.1 Å². The number of hydrogen-bond donors (Lipinski definition) is 1. The summed E-state index contributed by atoms with van der Waals surface area (Å²) in [7, 11) is 0. The summed E-state index contributed by atoms with van der Waals surface area (Å²) in [5, 5.41) is 13.0. The summed E-state index contributed by atoms with van der Waals surface area (Å²) in [6, 6.07) is 7.56. The Morgan fingerprint density at radius 1 is 1.41 bits per heavy atom. The van der Waals surface area contributed by atoms with Crippen molar-refractivity contribution in [2.45, 2.75) is 62.9 Å². The number of carbonyl (C=O) groups is 1. The number of allylic oxidation sites excluding steroid dienone is 1. The maximum absolute atomic E-state index is 12.3. The van der Waals surface area contributed by atoms with E-state index >= 15 is 0 Å². The predicted octanol–water partition coefficient (Wildman–Crippen LogP) is 4.80. The zero-order valence-corrected chi connectivity index (χ0v) is 18.2. The Morgan fingerprint density at radius 3 is 2.93 bits per heavy atom. The Kier molecular flexibility index (Phi) is 8.00. The lowest BCUT2D eigenvalue weighted by Gasteiger charge is -2.22. The van der Waals surface area contributed by atoms with E-state index in [9.17, 15) is 4.79 Å². The number of nitrogens with one attached hydrogen (secondary N) is 1. The minimum Gasteiger partial charge on any atom is -0.483 e. The molecule has 1 atom stereocenters. The molecule has 1 fully saturated rings. The molecule has 1 saturated carbocycles. The van der Waals surface area contributed by atoms with Crippen LogP contribution in [0.25, 0.3) is 0 Å². The molecular formula is C21H27ClN4O2S. The molecule has 8 heteroatoms. The maximum Gasteiger partial charge on any atom is 0.230 e. The third-order valence-electron chi connectivity index (χ3n) is 4.83. The second-order valence-corrected chi connectivity index (χ2v) is 8.53. The highest BCUT2D eigenvalue weighted by Gasteiger charge is 2.21. The van der Waals surface area contributed by atoms with Gasteiger partial charge >= 0.3 is 0 Å². The van der Waals surface area contributed by atoms with E-state index in [0.717, 1.165) is 12.8 Å². The molecule has 6 nitrogen and oxygen atoms in total. The lowest BCUT2D eigenvalue weighted by molar-refractivity contribution is -0.119. The molecule has 0 aliphatic heterocycles. The summed E-state index contributed by atoms with van der Waals surface area (Å²) in [6.07, 6.45) is 7.26. The Labute approximate surface area is 181 Å². The first kappa shape index (κ1) is 21.7. The molecule has 1 aliphatic rings. The fourth-order valence-electron chi connectivity index (χ4n) is 3.45. The van der Waals surface area contributed by atoms with E-state index in [1.807, 2.05) is 23.6 Å². The number of carbonyl (C=O) groups excluding carboxylic acids is 1. The van der Waals surface area contributed by atoms with Crippen molar-refractivity contribution in [3.8, 4) is 5.75 Å². The van der Waals surface area contributed by atoms with Crippen LogP contribution in [0.15, 0.2) is 42.1 Å². The molecule has 156 valence electrons. The molecule has 3 rings (SSSR count). The van der Waals surface area contributed by atoms with Crippen LogP contribution in [-0.4, -0.2) is 32.5 Å². The van der Waals surface area contributed by atoms with Crippen LogP contribution in [0, 0.1) is 0 Å². The van der Waals surface area contributed by atoms with Crippen LogP contribution in [0.2, 0.25) is 5.02 Å². The van der Waals surface area contributed by atoms with E-state index in [1.54, 1.807) is 18.2 Å². The molecule has 1 heterocycles. The number of nitrogens with zero attached hydrogens (tertiary/aromatic N) is 3. The van der Waals surface area contributed by atoms with Crippen LogP contribution in [-0.2, 0) is 11.3 Å². The third kappa shape index (κ3) is 6.24. The van der Waals surface area contributed by atoms with Crippen LogP contribution in [0.4, 0.5) is 0 Å². The van der Waals surface area contributed by atoms with Crippen molar-refractivity contribution in [3.05, 3.63) is 47.8 Å². The first-order chi connectivity index (χ1) is 14.1. The standard InChI is InChI=1S/C21H27ClN4O2S/c1-3-12-26-20(15(2)28-18-11-7-8-16(22)13-18)24-25-21(26)29-14-19(27)23-17-9-5-4-6-10-17/h3,7-8,11,13,15,17H,1,4-6,9-10,12,14H2,2H3,(H,23,27). The molecular weight excluding hydrogens is 408 g/mol. The van der Waals surface area contributed by atoms with Gasteiger partial charge in [0.2, 0.25) is 5.91 Å². The summed E-state index contributed by atoms with van der Waals surface area (Å²) >= 11 is 7.42. The van der Waals surface area contributed by atoms with Gasteiger partial charge in [0.05, 0.1) is 5.75 Å². The van der Waals surface area contributed by atoms with Gasteiger partial charge in [-0.05, 0) is 38.0 Å². The fraction of sp³-hybridized carbons (Fsp3) is 0.476. The van der Waals surface area contributed by atoms with Crippen molar-refractivity contribution in [2.75, 3.05) is 5.75 Å². The number of amides is 1. The Bertz CT molecular complexity index is 836. The Balaban J connectivity index is 1.62. The molecule has 1 N–H and O–H groups in total. The highest BCUT2D eigenvalue weighted by Crippen LogP contribution is 2.26. The van der Waals surface area contributed by atoms with Crippen LogP contribution in [0.3, 0.4) is 0 Å². The van der Waals surface area contributed by atoms with Gasteiger partial charge in [0.1, 0.15) is 5.75 Å². The number of hydrogen-bond acceptors (Lipinski definition) is 5. The zero-order chi connectivity index (χ0) is 20.6. The molecule has 0 radical (unpaired) electrons. The van der Waals surface area contributed by atoms with E-state index in [2.05, 4.69) is 22.1 Å². The van der Waals surface area contributed by atoms with Gasteiger partial charge < -0.3 is 10.1 Å². The largest absolute Gasteiger partial charge is 0.483 e. The monoisotopic (exact) mass is 434 g/mol. The number of rotatable bonds is 9. The van der Waals surface area contributed by atoms with E-state index in [1.165, 1.54) is 31.0 Å². The molecule has 1 unspecified atom stereocenters. The van der Waals surface area contributed by atoms with Crippen LogP contribution >= 0.6 is 23.4 Å². The van der Waals surface area contributed by atoms with Gasteiger partial charge in [-0.2, -0.15) is 0 Å². The first-order valence-electron chi connectivity index (χ1n) is 9.95. The van der Waals surface area contributed by atoms with Gasteiger partial charge in [0.25, 0.3) is 0 Å². The average molecular weight is 435 g/mol. The van der Waals surface area contributed by atoms with Crippen LogP contribution in [0.5, 0.6) is 5.75 Å². The summed E-state index contributed by atoms with van der Waals surface area (Å²) in [5.74, 6) is 1.70. The summed E-state index contributed by atoms with van der Waals surface area (Å²) in [6.45, 7) is 6.27. The maximum atomic E-state index is 12.3. The number of ether oxygens (including phenoxy) is 1. The van der Waals surface area contributed by atoms with Crippen molar-refractivity contribution < 1.29 is 9.53 Å². The fourth-order valence-corrected chi connectivity index (χ4v) is 4.40. The lowest BCUT2D eigenvalue weighted by Crippen LogP contribution is -2.37. The molecule has 0 saturated heterocycles. The number of halogens is 1. The molecule has 1 aliphatic carbocycles. The van der Waals surface area contributed by atoms with Crippen LogP contribution in [0.1, 0.15) is 51.0 Å². The van der Waals surface area contributed by atoms with Gasteiger partial charge in [-0.25, -0.2) is 0 Å². The molecule has 29 heavy (non-hydrogen) atoms. The molecule has 0 spiro atoms. The van der Waals surface area contributed by atoms with Crippen molar-refractivity contribution in [3.63, 3.8) is 0 Å². The highest BCUT2D eigenvalue weighted by atomic mass is 35.5. The van der Waals surface area contributed by atoms with Gasteiger partial charge in [-0.3, -0.25) is 9.36 Å². The lowest BCUT2D eigenvalue weighted by atomic mass is 9.95. The van der Waals surface area contributed by atoms with Crippen LogP contribution < -0.4 is 10.1 Å². The van der Waals surface area contributed by atoms with E-state index in [0.29, 0.717) is 40.1 Å². The van der Waals surface area contributed by atoms with E-state index in [-0.39, 0.29) is 12.0 Å². The molecule has 0 bridgehead atoms. The Morgan fingerprint density at radius 2 is 2.21 bits per heavy atom. The molecule has 1 amide bonds. The summed E-state index contributed by atoms with van der Waals surface area (Å²) in [5.41, 5.74) is 0. The van der Waals surface area contributed by atoms with E-state index in [4.69, 9.17) is 16.3 Å². The summed E-state index contributed by atoms with van der Waals surface area (Å²) < 4.78 is 7.91. The first-order valence-corrected chi connectivity index (χ1v) is 11.3. The third-order valence-corrected chi connectivity index (χ3v) is 6.03. The predicted molar refractivity (Wildman–Crippen MR) is 116 cm³/mol. The average Bonchev–Trinajstić information content (AvgIpc) is 3.10. The topological polar surface area (TPSA) is 69.0 Å². The zero-order valence-electron chi connectivity index (χ0n) is 16.6.